The van der Waals surface area contributed by atoms with Crippen molar-refractivity contribution in [2.75, 3.05) is 19.4 Å². The van der Waals surface area contributed by atoms with E-state index in [0.29, 0.717) is 34.1 Å². The molecule has 2 aromatic rings. The third kappa shape index (κ3) is 3.47. The molecule has 7 heteroatoms. The van der Waals surface area contributed by atoms with Crippen LogP contribution in [-0.2, 0) is 17.8 Å². The SMILES string of the molecule is CCOC(=O)c1sc(N)c(C#N)c1CN(C)Cc1ccco1. The first kappa shape index (κ1) is 16.1. The molecule has 116 valence electrons. The second-order valence-electron chi connectivity index (χ2n) is 4.73. The van der Waals surface area contributed by atoms with Crippen molar-refractivity contribution >= 4 is 22.3 Å². The van der Waals surface area contributed by atoms with E-state index in [-0.39, 0.29) is 6.61 Å². The van der Waals surface area contributed by atoms with Crippen molar-refractivity contribution < 1.29 is 13.9 Å². The lowest BCUT2D eigenvalue weighted by molar-refractivity contribution is 0.0530. The predicted molar refractivity (Wildman–Crippen MR) is 83.3 cm³/mol. The molecule has 0 saturated heterocycles. The third-order valence-electron chi connectivity index (χ3n) is 3.04. The van der Waals surface area contributed by atoms with Crippen molar-refractivity contribution in [1.29, 1.82) is 5.26 Å². The molecule has 0 aliphatic heterocycles. The molecule has 2 rings (SSSR count). The Morgan fingerprint density at radius 3 is 2.91 bits per heavy atom. The normalized spacial score (nSPS) is 10.6. The Labute approximate surface area is 132 Å². The Bertz CT molecular complexity index is 686. The van der Waals surface area contributed by atoms with Gasteiger partial charge in [0.2, 0.25) is 0 Å². The van der Waals surface area contributed by atoms with Crippen LogP contribution in [0.2, 0.25) is 0 Å². The maximum atomic E-state index is 12.0. The van der Waals surface area contributed by atoms with Gasteiger partial charge in [0.05, 0.1) is 25.0 Å². The van der Waals surface area contributed by atoms with E-state index in [0.717, 1.165) is 17.1 Å². The molecular weight excluding hydrogens is 302 g/mol. The highest BCUT2D eigenvalue weighted by molar-refractivity contribution is 7.18. The summed E-state index contributed by atoms with van der Waals surface area (Å²) in [6.45, 7) is 2.99. The highest BCUT2D eigenvalue weighted by atomic mass is 32.1. The third-order valence-corrected chi connectivity index (χ3v) is 4.08. The number of nitrogen functional groups attached to an aromatic ring is 1. The molecule has 6 nitrogen and oxygen atoms in total. The molecule has 2 N–H and O–H groups in total. The summed E-state index contributed by atoms with van der Waals surface area (Å²) in [7, 11) is 1.88. The molecule has 0 unspecified atom stereocenters. The number of anilines is 1. The summed E-state index contributed by atoms with van der Waals surface area (Å²) >= 11 is 1.09. The Balaban J connectivity index is 2.24. The Morgan fingerprint density at radius 2 is 2.32 bits per heavy atom. The van der Waals surface area contributed by atoms with Crippen LogP contribution in [0.3, 0.4) is 0 Å². The minimum absolute atomic E-state index is 0.278. The van der Waals surface area contributed by atoms with Crippen LogP contribution in [0.5, 0.6) is 0 Å². The van der Waals surface area contributed by atoms with Crippen LogP contribution in [0.15, 0.2) is 22.8 Å². The summed E-state index contributed by atoms with van der Waals surface area (Å²) in [5.41, 5.74) is 6.81. The van der Waals surface area contributed by atoms with Crippen LogP contribution in [-0.4, -0.2) is 24.5 Å². The zero-order valence-corrected chi connectivity index (χ0v) is 13.3. The summed E-state index contributed by atoms with van der Waals surface area (Å²) in [5.74, 6) is 0.365. The average Bonchev–Trinajstić information content (AvgIpc) is 3.07. The van der Waals surface area contributed by atoms with Crippen LogP contribution in [0.25, 0.3) is 0 Å². The number of hydrogen-bond acceptors (Lipinski definition) is 7. The quantitative estimate of drug-likeness (QED) is 0.823. The molecule has 0 aromatic carbocycles. The van der Waals surface area contributed by atoms with Gasteiger partial charge < -0.3 is 14.9 Å². The van der Waals surface area contributed by atoms with Gasteiger partial charge in [-0.3, -0.25) is 4.90 Å². The van der Waals surface area contributed by atoms with E-state index in [2.05, 4.69) is 6.07 Å². The monoisotopic (exact) mass is 319 g/mol. The lowest BCUT2D eigenvalue weighted by atomic mass is 10.1. The fourth-order valence-corrected chi connectivity index (χ4v) is 3.04. The molecule has 0 saturated carbocycles. The smallest absolute Gasteiger partial charge is 0.348 e. The summed E-state index contributed by atoms with van der Waals surface area (Å²) in [6.07, 6.45) is 1.61. The molecule has 0 atom stereocenters. The summed E-state index contributed by atoms with van der Waals surface area (Å²) < 4.78 is 10.3. The van der Waals surface area contributed by atoms with E-state index in [1.165, 1.54) is 0 Å². The largest absolute Gasteiger partial charge is 0.468 e. The van der Waals surface area contributed by atoms with Gasteiger partial charge in [-0.15, -0.1) is 11.3 Å². The number of hydrogen-bond donors (Lipinski definition) is 1. The topological polar surface area (TPSA) is 92.5 Å². The van der Waals surface area contributed by atoms with E-state index < -0.39 is 5.97 Å². The molecule has 0 aliphatic carbocycles. The molecule has 0 fully saturated rings. The zero-order valence-electron chi connectivity index (χ0n) is 12.5. The predicted octanol–water partition coefficient (Wildman–Crippen LogP) is 2.60. The molecule has 0 aliphatic rings. The van der Waals surface area contributed by atoms with E-state index in [4.69, 9.17) is 14.9 Å². The van der Waals surface area contributed by atoms with E-state index >= 15 is 0 Å². The number of ether oxygens (including phenoxy) is 1. The van der Waals surface area contributed by atoms with Crippen molar-refractivity contribution in [3.8, 4) is 6.07 Å². The van der Waals surface area contributed by atoms with Crippen LogP contribution in [0.4, 0.5) is 5.00 Å². The number of carbonyl (C=O) groups excluding carboxylic acids is 1. The first-order chi connectivity index (χ1) is 10.6. The number of nitrogens with zero attached hydrogens (tertiary/aromatic N) is 2. The number of carbonyl (C=O) groups is 1. The van der Waals surface area contributed by atoms with Crippen molar-refractivity contribution in [2.45, 2.75) is 20.0 Å². The fourth-order valence-electron chi connectivity index (χ4n) is 2.11. The number of thiophene rings is 1. The minimum atomic E-state index is -0.443. The second-order valence-corrected chi connectivity index (χ2v) is 5.79. The lowest BCUT2D eigenvalue weighted by Gasteiger charge is -2.15. The van der Waals surface area contributed by atoms with Crippen LogP contribution < -0.4 is 5.73 Å². The van der Waals surface area contributed by atoms with Gasteiger partial charge in [0.1, 0.15) is 21.7 Å². The number of esters is 1. The van der Waals surface area contributed by atoms with Crippen molar-refractivity contribution in [2.24, 2.45) is 0 Å². The summed E-state index contributed by atoms with van der Waals surface area (Å²) in [4.78, 5) is 14.4. The standard InChI is InChI=1S/C15H17N3O3S/c1-3-20-15(19)13-12(11(7-16)14(17)22-13)9-18(2)8-10-5-4-6-21-10/h4-6H,3,8-9,17H2,1-2H3. The first-order valence-electron chi connectivity index (χ1n) is 6.76. The highest BCUT2D eigenvalue weighted by Gasteiger charge is 2.23. The second kappa shape index (κ2) is 7.11. The van der Waals surface area contributed by atoms with E-state index in [1.807, 2.05) is 24.1 Å². The number of rotatable bonds is 6. The Kier molecular flexibility index (Phi) is 5.20. The van der Waals surface area contributed by atoms with Crippen molar-refractivity contribution in [3.05, 3.63) is 40.2 Å². The van der Waals surface area contributed by atoms with Gasteiger partial charge in [-0.25, -0.2) is 4.79 Å². The van der Waals surface area contributed by atoms with Crippen molar-refractivity contribution in [3.63, 3.8) is 0 Å². The van der Waals surface area contributed by atoms with Gasteiger partial charge in [-0.05, 0) is 26.1 Å². The maximum absolute atomic E-state index is 12.0. The Morgan fingerprint density at radius 1 is 1.55 bits per heavy atom. The Hall–Kier alpha value is -2.30. The molecule has 2 heterocycles. The number of nitriles is 1. The maximum Gasteiger partial charge on any atom is 0.348 e. The van der Waals surface area contributed by atoms with Gasteiger partial charge in [0.15, 0.2) is 0 Å². The van der Waals surface area contributed by atoms with Crippen LogP contribution in [0, 0.1) is 11.3 Å². The average molecular weight is 319 g/mol. The van der Waals surface area contributed by atoms with Crippen LogP contribution in [0.1, 0.15) is 33.5 Å². The molecule has 22 heavy (non-hydrogen) atoms. The van der Waals surface area contributed by atoms with E-state index in [1.54, 1.807) is 13.2 Å². The molecule has 0 spiro atoms. The molecule has 0 bridgehead atoms. The highest BCUT2D eigenvalue weighted by Crippen LogP contribution is 2.32. The van der Waals surface area contributed by atoms with Gasteiger partial charge in [0.25, 0.3) is 0 Å². The number of furan rings is 1. The molecule has 0 radical (unpaired) electrons. The lowest BCUT2D eigenvalue weighted by Crippen LogP contribution is -2.19. The summed E-state index contributed by atoms with van der Waals surface area (Å²) in [5, 5.41) is 9.62. The molecule has 2 aromatic heterocycles. The van der Waals surface area contributed by atoms with Crippen LogP contribution >= 0.6 is 11.3 Å². The van der Waals surface area contributed by atoms with Gasteiger partial charge >= 0.3 is 5.97 Å². The zero-order chi connectivity index (χ0) is 16.1. The summed E-state index contributed by atoms with van der Waals surface area (Å²) in [6, 6.07) is 5.76. The van der Waals surface area contributed by atoms with Crippen molar-refractivity contribution in [1.82, 2.24) is 4.90 Å². The molecule has 0 amide bonds. The molecular formula is C15H17N3O3S. The first-order valence-corrected chi connectivity index (χ1v) is 7.57. The van der Waals surface area contributed by atoms with Gasteiger partial charge in [0, 0.05) is 12.1 Å². The number of nitrogens with two attached hydrogens (primary N) is 1. The minimum Gasteiger partial charge on any atom is -0.468 e. The van der Waals surface area contributed by atoms with E-state index in [9.17, 15) is 10.1 Å². The fraction of sp³-hybridized carbons (Fsp3) is 0.333. The van der Waals surface area contributed by atoms with Gasteiger partial charge in [-0.2, -0.15) is 5.26 Å². The van der Waals surface area contributed by atoms with Gasteiger partial charge in [-0.1, -0.05) is 0 Å².